The zero-order valence-corrected chi connectivity index (χ0v) is 23.0. The molecule has 0 aliphatic carbocycles. The molecule has 0 saturated carbocycles. The smallest absolute Gasteiger partial charge is 0.337 e. The van der Waals surface area contributed by atoms with Gasteiger partial charge < -0.3 is 29.2 Å². The number of likely N-dealkylation sites (N-methyl/N-ethyl adjacent to an activating group) is 1. The summed E-state index contributed by atoms with van der Waals surface area (Å²) in [6.45, 7) is 2.37. The Kier molecular flexibility index (Phi) is 6.62. The zero-order chi connectivity index (χ0) is 27.1. The fourth-order valence-corrected chi connectivity index (χ4v) is 6.97. The molecule has 6 rings (SSSR count). The molecule has 200 valence electrons. The van der Waals surface area contributed by atoms with Crippen LogP contribution in [0.1, 0.15) is 43.7 Å². The number of carbonyl (C=O) groups excluding carboxylic acids is 2. The number of hydrogen-bond acceptors (Lipinski definition) is 6. The number of esters is 1. The van der Waals surface area contributed by atoms with Crippen molar-refractivity contribution in [2.45, 2.75) is 25.6 Å². The van der Waals surface area contributed by atoms with Gasteiger partial charge in [-0.2, -0.15) is 0 Å². The second-order valence-electron chi connectivity index (χ2n) is 9.88. The monoisotopic (exact) mass is 542 g/mol. The van der Waals surface area contributed by atoms with E-state index < -0.39 is 5.97 Å². The third-order valence-corrected chi connectivity index (χ3v) is 8.74. The molecule has 4 heterocycles. The molecule has 4 aromatic rings. The minimum absolute atomic E-state index is 0.244. The predicted molar refractivity (Wildman–Crippen MR) is 151 cm³/mol. The Balaban J connectivity index is 1.45. The first-order valence-corrected chi connectivity index (χ1v) is 13.7. The Labute approximate surface area is 231 Å². The van der Waals surface area contributed by atoms with Gasteiger partial charge in [0.05, 0.1) is 38.1 Å². The van der Waals surface area contributed by atoms with Crippen molar-refractivity contribution in [3.05, 3.63) is 99.7 Å². The van der Waals surface area contributed by atoms with Crippen LogP contribution in [0, 0.1) is 0 Å². The number of anilines is 1. The van der Waals surface area contributed by atoms with Crippen LogP contribution in [0.15, 0.2) is 66.9 Å². The van der Waals surface area contributed by atoms with Crippen molar-refractivity contribution in [1.82, 2.24) is 14.4 Å². The molecule has 1 atom stereocenters. The first-order chi connectivity index (χ1) is 19.0. The standard InChI is InChI=1S/C30H30N4O4S/c1-32-15-13-23-24-17-34(30(36)31-21-7-4-6-20(16-21)29(35)38-3)27(19-9-11-22(37-2)12-10-19)25-8-5-14-33(25)28(24)39-26(23)18-32/h4-12,14,16,27H,13,15,17-18H2,1-3H3,(H,31,36)/t27-/m1/s1. The van der Waals surface area contributed by atoms with Gasteiger partial charge in [-0.05, 0) is 67.1 Å². The molecule has 0 spiro atoms. The van der Waals surface area contributed by atoms with E-state index in [0.717, 1.165) is 36.5 Å². The summed E-state index contributed by atoms with van der Waals surface area (Å²) in [5.74, 6) is 0.310. The van der Waals surface area contributed by atoms with Crippen LogP contribution in [0.25, 0.3) is 5.00 Å². The molecule has 2 amide bonds. The Bertz CT molecular complexity index is 1540. The fourth-order valence-electron chi connectivity index (χ4n) is 5.53. The van der Waals surface area contributed by atoms with Crippen LogP contribution >= 0.6 is 11.3 Å². The summed E-state index contributed by atoms with van der Waals surface area (Å²) in [4.78, 5) is 31.8. The lowest BCUT2D eigenvalue weighted by molar-refractivity contribution is 0.0600. The highest BCUT2D eigenvalue weighted by Gasteiger charge is 2.36. The van der Waals surface area contributed by atoms with Gasteiger partial charge in [-0.25, -0.2) is 9.59 Å². The molecule has 2 aromatic heterocycles. The van der Waals surface area contributed by atoms with Crippen molar-refractivity contribution in [2.24, 2.45) is 0 Å². The molecular weight excluding hydrogens is 512 g/mol. The maximum atomic E-state index is 14.1. The van der Waals surface area contributed by atoms with Gasteiger partial charge in [0.15, 0.2) is 0 Å². The molecule has 2 aromatic carbocycles. The zero-order valence-electron chi connectivity index (χ0n) is 22.1. The molecule has 2 aliphatic heterocycles. The molecule has 0 radical (unpaired) electrons. The van der Waals surface area contributed by atoms with Gasteiger partial charge in [0.1, 0.15) is 10.8 Å². The maximum absolute atomic E-state index is 14.1. The van der Waals surface area contributed by atoms with Gasteiger partial charge in [0.25, 0.3) is 0 Å². The highest BCUT2D eigenvalue weighted by Crippen LogP contribution is 2.43. The number of nitrogens with one attached hydrogen (secondary N) is 1. The maximum Gasteiger partial charge on any atom is 0.337 e. The van der Waals surface area contributed by atoms with E-state index in [9.17, 15) is 9.59 Å². The molecule has 39 heavy (non-hydrogen) atoms. The number of rotatable bonds is 4. The number of benzene rings is 2. The third kappa shape index (κ3) is 4.57. The van der Waals surface area contributed by atoms with E-state index in [0.29, 0.717) is 17.8 Å². The van der Waals surface area contributed by atoms with Crippen molar-refractivity contribution < 1.29 is 19.1 Å². The number of hydrogen-bond donors (Lipinski definition) is 1. The molecule has 8 nitrogen and oxygen atoms in total. The summed E-state index contributed by atoms with van der Waals surface area (Å²) in [5, 5.41) is 4.23. The van der Waals surface area contributed by atoms with Crippen molar-refractivity contribution in [3.63, 3.8) is 0 Å². The van der Waals surface area contributed by atoms with Crippen LogP contribution in [-0.4, -0.2) is 54.2 Å². The van der Waals surface area contributed by atoms with Crippen molar-refractivity contribution in [3.8, 4) is 10.8 Å². The second-order valence-corrected chi connectivity index (χ2v) is 11.0. The number of nitrogens with zero attached hydrogens (tertiary/aromatic N) is 3. The number of ether oxygens (including phenoxy) is 2. The minimum atomic E-state index is -0.450. The molecule has 0 saturated heterocycles. The summed E-state index contributed by atoms with van der Waals surface area (Å²) in [5.41, 5.74) is 5.47. The quantitative estimate of drug-likeness (QED) is 0.347. The largest absolute Gasteiger partial charge is 0.497 e. The number of thiophene rings is 1. The van der Waals surface area contributed by atoms with E-state index in [1.54, 1.807) is 31.4 Å². The van der Waals surface area contributed by atoms with Gasteiger partial charge in [0, 0.05) is 35.4 Å². The lowest BCUT2D eigenvalue weighted by Gasteiger charge is -2.32. The summed E-state index contributed by atoms with van der Waals surface area (Å²) in [6.07, 6.45) is 3.05. The van der Waals surface area contributed by atoms with E-state index in [1.165, 1.54) is 28.1 Å². The number of methoxy groups -OCH3 is 2. The summed E-state index contributed by atoms with van der Waals surface area (Å²) in [6, 6.07) is 18.3. The van der Waals surface area contributed by atoms with E-state index in [2.05, 4.69) is 34.1 Å². The lowest BCUT2D eigenvalue weighted by atomic mass is 10.00. The van der Waals surface area contributed by atoms with Crippen LogP contribution < -0.4 is 10.1 Å². The number of urea groups is 1. The van der Waals surface area contributed by atoms with E-state index in [1.807, 2.05) is 46.6 Å². The molecular formula is C30H30N4O4S. The minimum Gasteiger partial charge on any atom is -0.497 e. The number of amides is 2. The Hall–Kier alpha value is -4.08. The van der Waals surface area contributed by atoms with Crippen LogP contribution in [-0.2, 0) is 24.2 Å². The highest BCUT2D eigenvalue weighted by atomic mass is 32.1. The Morgan fingerprint density at radius 1 is 1.00 bits per heavy atom. The molecule has 2 aliphatic rings. The number of fused-ring (bicyclic) bond motifs is 5. The summed E-state index contributed by atoms with van der Waals surface area (Å²) >= 11 is 1.82. The first kappa shape index (κ1) is 25.2. The van der Waals surface area contributed by atoms with E-state index in [-0.39, 0.29) is 12.1 Å². The van der Waals surface area contributed by atoms with Crippen LogP contribution in [0.3, 0.4) is 0 Å². The average Bonchev–Trinajstić information content (AvgIpc) is 3.54. The third-order valence-electron chi connectivity index (χ3n) is 7.48. The molecule has 9 heteroatoms. The molecule has 0 bridgehead atoms. The van der Waals surface area contributed by atoms with Crippen molar-refractivity contribution >= 4 is 29.0 Å². The number of aromatic nitrogens is 1. The first-order valence-electron chi connectivity index (χ1n) is 12.9. The van der Waals surface area contributed by atoms with Crippen LogP contribution in [0.5, 0.6) is 5.75 Å². The van der Waals surface area contributed by atoms with Gasteiger partial charge in [0.2, 0.25) is 0 Å². The summed E-state index contributed by atoms with van der Waals surface area (Å²) in [7, 11) is 5.14. The van der Waals surface area contributed by atoms with Gasteiger partial charge in [-0.1, -0.05) is 18.2 Å². The lowest BCUT2D eigenvalue weighted by Crippen LogP contribution is -2.38. The second kappa shape index (κ2) is 10.2. The topological polar surface area (TPSA) is 76.0 Å². The Morgan fingerprint density at radius 2 is 1.82 bits per heavy atom. The van der Waals surface area contributed by atoms with E-state index >= 15 is 0 Å². The van der Waals surface area contributed by atoms with Crippen LogP contribution in [0.2, 0.25) is 0 Å². The van der Waals surface area contributed by atoms with E-state index in [4.69, 9.17) is 9.47 Å². The van der Waals surface area contributed by atoms with Crippen molar-refractivity contribution in [2.75, 3.05) is 33.1 Å². The normalized spacial score (nSPS) is 16.5. The SMILES string of the molecule is COC(=O)c1cccc(NC(=O)N2Cc3c(sc4c3CCN(C)C4)-n3cccc3[C@H]2c2ccc(OC)cc2)c1. The fraction of sp³-hybridized carbons (Fsp3) is 0.267. The average molecular weight is 543 g/mol. The van der Waals surface area contributed by atoms with Gasteiger partial charge in [-0.15, -0.1) is 11.3 Å². The molecule has 1 N–H and O–H groups in total. The van der Waals surface area contributed by atoms with Gasteiger partial charge >= 0.3 is 12.0 Å². The van der Waals surface area contributed by atoms with Gasteiger partial charge in [-0.3, -0.25) is 0 Å². The van der Waals surface area contributed by atoms with Crippen molar-refractivity contribution in [1.29, 1.82) is 0 Å². The highest BCUT2D eigenvalue weighted by molar-refractivity contribution is 7.15. The summed E-state index contributed by atoms with van der Waals surface area (Å²) < 4.78 is 12.5. The molecule has 0 unspecified atom stereocenters. The molecule has 0 fully saturated rings. The Morgan fingerprint density at radius 3 is 2.59 bits per heavy atom. The number of carbonyl (C=O) groups is 2. The predicted octanol–water partition coefficient (Wildman–Crippen LogP) is 5.46. The van der Waals surface area contributed by atoms with Crippen LogP contribution in [0.4, 0.5) is 10.5 Å².